The Morgan fingerprint density at radius 2 is 1.88 bits per heavy atom. The van der Waals surface area contributed by atoms with E-state index in [0.717, 1.165) is 18.8 Å². The van der Waals surface area contributed by atoms with Crippen LogP contribution in [0.25, 0.3) is 0 Å². The van der Waals surface area contributed by atoms with Crippen molar-refractivity contribution in [2.75, 3.05) is 50.7 Å². The van der Waals surface area contributed by atoms with Crippen molar-refractivity contribution in [3.05, 3.63) is 12.1 Å². The van der Waals surface area contributed by atoms with Gasteiger partial charge in [-0.2, -0.15) is 0 Å². The first kappa shape index (κ1) is 11.9. The molecule has 1 heterocycles. The minimum Gasteiger partial charge on any atom is -0.495 e. The van der Waals surface area contributed by atoms with E-state index in [4.69, 9.17) is 16.2 Å². The van der Waals surface area contributed by atoms with Gasteiger partial charge in [-0.1, -0.05) is 0 Å². The Balaban J connectivity index is 2.17. The van der Waals surface area contributed by atoms with Crippen LogP contribution in [0, 0.1) is 0 Å². The molecule has 0 aliphatic carbocycles. The molecule has 0 unspecified atom stereocenters. The zero-order valence-corrected chi connectivity index (χ0v) is 10.6. The first-order valence-electron chi connectivity index (χ1n) is 5.67. The molecule has 2 rings (SSSR count). The highest BCUT2D eigenvalue weighted by molar-refractivity contribution is 5.77. The molecular formula is C12H20N4O. The summed E-state index contributed by atoms with van der Waals surface area (Å²) in [5.74, 6) is 0.683. The summed E-state index contributed by atoms with van der Waals surface area (Å²) in [5, 5.41) is 0. The van der Waals surface area contributed by atoms with Crippen LogP contribution < -0.4 is 21.1 Å². The van der Waals surface area contributed by atoms with E-state index in [9.17, 15) is 0 Å². The van der Waals surface area contributed by atoms with Gasteiger partial charge in [-0.15, -0.1) is 0 Å². The average molecular weight is 236 g/mol. The lowest BCUT2D eigenvalue weighted by atomic mass is 10.1. The van der Waals surface area contributed by atoms with Crippen molar-refractivity contribution in [2.45, 2.75) is 6.04 Å². The zero-order chi connectivity index (χ0) is 12.6. The van der Waals surface area contributed by atoms with Gasteiger partial charge in [0.1, 0.15) is 5.75 Å². The van der Waals surface area contributed by atoms with Crippen molar-refractivity contribution in [3.63, 3.8) is 0 Å². The molecule has 1 aliphatic rings. The second kappa shape index (κ2) is 4.33. The molecule has 1 aromatic rings. The predicted molar refractivity (Wildman–Crippen MR) is 71.5 cm³/mol. The van der Waals surface area contributed by atoms with Crippen molar-refractivity contribution in [3.8, 4) is 5.75 Å². The Morgan fingerprint density at radius 1 is 1.24 bits per heavy atom. The van der Waals surface area contributed by atoms with E-state index in [0.29, 0.717) is 23.2 Å². The molecule has 94 valence electrons. The van der Waals surface area contributed by atoms with Gasteiger partial charge in [0.2, 0.25) is 0 Å². The van der Waals surface area contributed by atoms with E-state index in [1.807, 2.05) is 6.07 Å². The Hall–Kier alpha value is -1.62. The number of nitrogens with zero attached hydrogens (tertiary/aromatic N) is 2. The van der Waals surface area contributed by atoms with Gasteiger partial charge in [-0.3, -0.25) is 0 Å². The summed E-state index contributed by atoms with van der Waals surface area (Å²) in [5.41, 5.74) is 14.1. The third-order valence-electron chi connectivity index (χ3n) is 3.31. The number of nitrogens with two attached hydrogens (primary N) is 2. The summed E-state index contributed by atoms with van der Waals surface area (Å²) >= 11 is 0. The van der Waals surface area contributed by atoms with Crippen molar-refractivity contribution >= 4 is 17.1 Å². The topological polar surface area (TPSA) is 67.8 Å². The molecule has 1 fully saturated rings. The molecule has 0 bridgehead atoms. The lowest BCUT2D eigenvalue weighted by Gasteiger charge is -2.44. The normalized spacial score (nSPS) is 16.1. The molecular weight excluding hydrogens is 216 g/mol. The monoisotopic (exact) mass is 236 g/mol. The third-order valence-corrected chi connectivity index (χ3v) is 3.31. The average Bonchev–Trinajstić information content (AvgIpc) is 2.18. The summed E-state index contributed by atoms with van der Waals surface area (Å²) in [4.78, 5) is 4.46. The summed E-state index contributed by atoms with van der Waals surface area (Å²) in [6, 6.07) is 4.27. The quantitative estimate of drug-likeness (QED) is 0.753. The van der Waals surface area contributed by atoms with E-state index in [1.165, 1.54) is 0 Å². The van der Waals surface area contributed by atoms with Crippen LogP contribution in [0.2, 0.25) is 0 Å². The number of hydrogen-bond donors (Lipinski definition) is 2. The van der Waals surface area contributed by atoms with E-state index < -0.39 is 0 Å². The maximum atomic E-state index is 5.99. The molecule has 0 aromatic heterocycles. The van der Waals surface area contributed by atoms with Crippen molar-refractivity contribution in [1.29, 1.82) is 0 Å². The Morgan fingerprint density at radius 3 is 2.41 bits per heavy atom. The van der Waals surface area contributed by atoms with E-state index in [1.54, 1.807) is 13.2 Å². The summed E-state index contributed by atoms with van der Waals surface area (Å²) in [6.07, 6.45) is 0. The lowest BCUT2D eigenvalue weighted by molar-refractivity contribution is 0.247. The lowest BCUT2D eigenvalue weighted by Crippen LogP contribution is -2.57. The molecule has 0 spiro atoms. The Kier molecular flexibility index (Phi) is 3.02. The highest BCUT2D eigenvalue weighted by Gasteiger charge is 2.29. The van der Waals surface area contributed by atoms with Crippen molar-refractivity contribution in [2.24, 2.45) is 0 Å². The molecule has 17 heavy (non-hydrogen) atoms. The van der Waals surface area contributed by atoms with Gasteiger partial charge in [0.05, 0.1) is 24.2 Å². The molecule has 1 aromatic carbocycles. The fraction of sp³-hybridized carbons (Fsp3) is 0.500. The molecule has 0 saturated carbocycles. The van der Waals surface area contributed by atoms with E-state index in [-0.39, 0.29) is 0 Å². The third kappa shape index (κ3) is 2.10. The fourth-order valence-corrected chi connectivity index (χ4v) is 2.03. The number of likely N-dealkylation sites (N-methyl/N-ethyl adjacent to an activating group) is 1. The van der Waals surface area contributed by atoms with Crippen molar-refractivity contribution < 1.29 is 4.74 Å². The van der Waals surface area contributed by atoms with Crippen LogP contribution >= 0.6 is 0 Å². The standard InChI is InChI=1S/C12H20N4O/c1-15(2)8-6-16(7-8)11-5-12(17-3)10(14)4-9(11)13/h4-5,8H,6-7,13-14H2,1-3H3. The van der Waals surface area contributed by atoms with Gasteiger partial charge < -0.3 is 26.0 Å². The number of benzene rings is 1. The Labute approximate surface area is 102 Å². The van der Waals surface area contributed by atoms with Crippen LogP contribution in [0.5, 0.6) is 5.75 Å². The minimum atomic E-state index is 0.582. The SMILES string of the molecule is COc1cc(N2CC(N(C)C)C2)c(N)cc1N. The van der Waals surface area contributed by atoms with E-state index >= 15 is 0 Å². The molecule has 1 saturated heterocycles. The number of rotatable bonds is 3. The highest BCUT2D eigenvalue weighted by atomic mass is 16.5. The van der Waals surface area contributed by atoms with Crippen molar-refractivity contribution in [1.82, 2.24) is 4.90 Å². The fourth-order valence-electron chi connectivity index (χ4n) is 2.03. The largest absolute Gasteiger partial charge is 0.495 e. The van der Waals surface area contributed by atoms with Crippen LogP contribution in [-0.4, -0.2) is 45.2 Å². The summed E-state index contributed by atoms with van der Waals surface area (Å²) in [6.45, 7) is 1.98. The maximum Gasteiger partial charge on any atom is 0.143 e. The van der Waals surface area contributed by atoms with Gasteiger partial charge in [0, 0.05) is 25.2 Å². The minimum absolute atomic E-state index is 0.582. The first-order valence-corrected chi connectivity index (χ1v) is 5.67. The molecule has 5 nitrogen and oxygen atoms in total. The molecule has 0 radical (unpaired) electrons. The first-order chi connectivity index (χ1) is 8.02. The van der Waals surface area contributed by atoms with Crippen LogP contribution in [0.1, 0.15) is 0 Å². The molecule has 1 aliphatic heterocycles. The van der Waals surface area contributed by atoms with Gasteiger partial charge in [0.15, 0.2) is 0 Å². The van der Waals surface area contributed by atoms with Crippen LogP contribution in [0.4, 0.5) is 17.1 Å². The number of methoxy groups -OCH3 is 1. The molecule has 0 amide bonds. The molecule has 5 heteroatoms. The predicted octanol–water partition coefficient (Wildman–Crippen LogP) is 0.610. The van der Waals surface area contributed by atoms with Gasteiger partial charge in [-0.05, 0) is 20.2 Å². The second-order valence-corrected chi connectivity index (χ2v) is 4.68. The Bertz CT molecular complexity index is 413. The smallest absolute Gasteiger partial charge is 0.143 e. The summed E-state index contributed by atoms with van der Waals surface area (Å²) < 4.78 is 5.22. The molecule has 0 atom stereocenters. The molecule has 4 N–H and O–H groups in total. The zero-order valence-electron chi connectivity index (χ0n) is 10.6. The van der Waals surface area contributed by atoms with Crippen LogP contribution in [-0.2, 0) is 0 Å². The maximum absolute atomic E-state index is 5.99. The van der Waals surface area contributed by atoms with Gasteiger partial charge >= 0.3 is 0 Å². The highest BCUT2D eigenvalue weighted by Crippen LogP contribution is 2.35. The van der Waals surface area contributed by atoms with Crippen LogP contribution in [0.3, 0.4) is 0 Å². The second-order valence-electron chi connectivity index (χ2n) is 4.68. The number of ether oxygens (including phenoxy) is 1. The number of nitrogen functional groups attached to an aromatic ring is 2. The van der Waals surface area contributed by atoms with Crippen LogP contribution in [0.15, 0.2) is 12.1 Å². The van der Waals surface area contributed by atoms with E-state index in [2.05, 4.69) is 23.9 Å². The van der Waals surface area contributed by atoms with Gasteiger partial charge in [0.25, 0.3) is 0 Å². The number of hydrogen-bond acceptors (Lipinski definition) is 5. The summed E-state index contributed by atoms with van der Waals surface area (Å²) in [7, 11) is 5.80. The van der Waals surface area contributed by atoms with Gasteiger partial charge in [-0.25, -0.2) is 0 Å². The number of anilines is 3.